The van der Waals surface area contributed by atoms with Gasteiger partial charge >= 0.3 is 0 Å². The van der Waals surface area contributed by atoms with E-state index in [1.54, 1.807) is 0 Å². The molecule has 0 amide bonds. The van der Waals surface area contributed by atoms with Gasteiger partial charge in [0.25, 0.3) is 0 Å². The third-order valence-corrected chi connectivity index (χ3v) is 4.73. The Bertz CT molecular complexity index is 728. The average molecular weight is 329 g/mol. The minimum Gasteiger partial charge on any atom is -0.457 e. The lowest BCUT2D eigenvalue weighted by Gasteiger charge is -2.14. The van der Waals surface area contributed by atoms with Crippen LogP contribution in [0, 0.1) is 6.92 Å². The highest BCUT2D eigenvalue weighted by molar-refractivity contribution is 7.85. The first-order valence-electron chi connectivity index (χ1n) is 7.58. The molecule has 0 aliphatic rings. The maximum Gasteiger partial charge on any atom is 0.145 e. The summed E-state index contributed by atoms with van der Waals surface area (Å²) in [5.74, 6) is 1.58. The summed E-state index contributed by atoms with van der Waals surface area (Å²) in [5.41, 5.74) is 2.87. The van der Waals surface area contributed by atoms with Gasteiger partial charge in [0.2, 0.25) is 0 Å². The summed E-state index contributed by atoms with van der Waals surface area (Å²) >= 11 is 0. The largest absolute Gasteiger partial charge is 0.457 e. The van der Waals surface area contributed by atoms with Gasteiger partial charge in [-0.15, -0.1) is 0 Å². The van der Waals surface area contributed by atoms with E-state index in [9.17, 15) is 4.21 Å². The van der Waals surface area contributed by atoms with Crippen LogP contribution >= 0.6 is 0 Å². The lowest BCUT2D eigenvalue weighted by molar-refractivity contribution is 0.482. The molecule has 1 unspecified atom stereocenters. The van der Waals surface area contributed by atoms with E-state index >= 15 is 0 Å². The summed E-state index contributed by atoms with van der Waals surface area (Å²) in [6.07, 6.45) is 0. The SMILES string of the molecule is C/C(=N\S(=O)C(C)(C)C)c1ccc(Oc2cccc(C)c2)cc1. The third kappa shape index (κ3) is 5.03. The van der Waals surface area contributed by atoms with Crippen LogP contribution in [0.2, 0.25) is 0 Å². The van der Waals surface area contributed by atoms with Crippen LogP contribution < -0.4 is 4.74 Å². The lowest BCUT2D eigenvalue weighted by atomic mass is 10.1. The molecule has 4 heteroatoms. The van der Waals surface area contributed by atoms with Crippen LogP contribution in [-0.2, 0) is 11.0 Å². The first kappa shape index (κ1) is 17.4. The number of hydrogen-bond donors (Lipinski definition) is 0. The second kappa shape index (κ2) is 7.09. The molecular weight excluding hydrogens is 306 g/mol. The van der Waals surface area contributed by atoms with E-state index in [-0.39, 0.29) is 4.75 Å². The van der Waals surface area contributed by atoms with Crippen molar-refractivity contribution in [2.45, 2.75) is 39.4 Å². The molecule has 0 saturated carbocycles. The molecule has 0 N–H and O–H groups in total. The van der Waals surface area contributed by atoms with E-state index in [0.717, 1.165) is 28.3 Å². The Labute approximate surface area is 141 Å². The van der Waals surface area contributed by atoms with E-state index in [0.29, 0.717) is 0 Å². The monoisotopic (exact) mass is 329 g/mol. The highest BCUT2D eigenvalue weighted by atomic mass is 32.2. The molecule has 0 aliphatic heterocycles. The molecule has 0 spiro atoms. The fourth-order valence-corrected chi connectivity index (χ4v) is 2.52. The van der Waals surface area contributed by atoms with Crippen molar-refractivity contribution in [1.82, 2.24) is 0 Å². The van der Waals surface area contributed by atoms with Crippen molar-refractivity contribution >= 4 is 16.7 Å². The van der Waals surface area contributed by atoms with Crippen LogP contribution in [0.5, 0.6) is 11.5 Å². The molecule has 23 heavy (non-hydrogen) atoms. The van der Waals surface area contributed by atoms with Gasteiger partial charge in [0.15, 0.2) is 0 Å². The van der Waals surface area contributed by atoms with Crippen molar-refractivity contribution in [2.24, 2.45) is 4.40 Å². The molecule has 0 saturated heterocycles. The maximum atomic E-state index is 12.1. The van der Waals surface area contributed by atoms with Crippen LogP contribution in [0.15, 0.2) is 52.9 Å². The molecule has 0 aromatic heterocycles. The van der Waals surface area contributed by atoms with Gasteiger partial charge in [-0.2, -0.15) is 4.40 Å². The molecule has 0 aliphatic carbocycles. The minimum atomic E-state index is -1.25. The maximum absolute atomic E-state index is 12.1. The second-order valence-electron chi connectivity index (χ2n) is 6.48. The van der Waals surface area contributed by atoms with Crippen LogP contribution in [0.1, 0.15) is 38.8 Å². The zero-order valence-corrected chi connectivity index (χ0v) is 15.1. The quantitative estimate of drug-likeness (QED) is 0.736. The number of nitrogens with zero attached hydrogens (tertiary/aromatic N) is 1. The summed E-state index contributed by atoms with van der Waals surface area (Å²) < 4.78 is 21.9. The Balaban J connectivity index is 2.13. The predicted molar refractivity (Wildman–Crippen MR) is 97.8 cm³/mol. The highest BCUT2D eigenvalue weighted by Crippen LogP contribution is 2.23. The highest BCUT2D eigenvalue weighted by Gasteiger charge is 2.19. The van der Waals surface area contributed by atoms with Gasteiger partial charge < -0.3 is 4.74 Å². The molecule has 0 fully saturated rings. The topological polar surface area (TPSA) is 38.7 Å². The molecule has 0 heterocycles. The summed E-state index contributed by atoms with van der Waals surface area (Å²) in [6.45, 7) is 9.65. The van der Waals surface area contributed by atoms with E-state index in [1.165, 1.54) is 0 Å². The Morgan fingerprint density at radius 1 is 1.04 bits per heavy atom. The van der Waals surface area contributed by atoms with Gasteiger partial charge in [-0.25, -0.2) is 4.21 Å². The Morgan fingerprint density at radius 3 is 2.26 bits per heavy atom. The van der Waals surface area contributed by atoms with Crippen molar-refractivity contribution < 1.29 is 8.95 Å². The Hall–Kier alpha value is -1.94. The van der Waals surface area contributed by atoms with Gasteiger partial charge in [0.1, 0.15) is 22.5 Å². The van der Waals surface area contributed by atoms with Crippen LogP contribution in [-0.4, -0.2) is 14.7 Å². The predicted octanol–water partition coefficient (Wildman–Crippen LogP) is 5.06. The molecule has 3 nitrogen and oxygen atoms in total. The minimum absolute atomic E-state index is 0.352. The van der Waals surface area contributed by atoms with Gasteiger partial charge in [0, 0.05) is 0 Å². The standard InChI is InChI=1S/C19H23NO2S/c1-14-7-6-8-18(13-14)22-17-11-9-16(10-12-17)15(2)20-23(21)19(3,4)5/h6-13H,1-5H3/b20-15+. The fraction of sp³-hybridized carbons (Fsp3) is 0.316. The summed E-state index contributed by atoms with van der Waals surface area (Å²) in [5, 5.41) is 0. The molecule has 122 valence electrons. The van der Waals surface area contributed by atoms with Crippen molar-refractivity contribution in [3.05, 3.63) is 59.7 Å². The van der Waals surface area contributed by atoms with Gasteiger partial charge in [-0.05, 0) is 82.1 Å². The Kier molecular flexibility index (Phi) is 5.37. The molecule has 2 aromatic carbocycles. The number of rotatable bonds is 4. The van der Waals surface area contributed by atoms with E-state index in [4.69, 9.17) is 4.74 Å². The number of benzene rings is 2. The number of ether oxygens (including phenoxy) is 1. The van der Waals surface area contributed by atoms with Crippen molar-refractivity contribution in [3.8, 4) is 11.5 Å². The summed E-state index contributed by atoms with van der Waals surface area (Å²) in [7, 11) is -1.25. The molecule has 0 bridgehead atoms. The number of aryl methyl sites for hydroxylation is 1. The first-order chi connectivity index (χ1) is 10.8. The summed E-state index contributed by atoms with van der Waals surface area (Å²) in [4.78, 5) is 0. The molecule has 2 aromatic rings. The van der Waals surface area contributed by atoms with E-state index in [1.807, 2.05) is 83.1 Å². The zero-order chi connectivity index (χ0) is 17.0. The van der Waals surface area contributed by atoms with Crippen LogP contribution in [0.25, 0.3) is 0 Å². The third-order valence-electron chi connectivity index (χ3n) is 3.24. The second-order valence-corrected chi connectivity index (χ2v) is 8.39. The summed E-state index contributed by atoms with van der Waals surface area (Å²) in [6, 6.07) is 15.6. The molecule has 2 rings (SSSR count). The fourth-order valence-electron chi connectivity index (χ4n) is 1.89. The normalized spacial score (nSPS) is 13.7. The van der Waals surface area contributed by atoms with Crippen molar-refractivity contribution in [2.75, 3.05) is 0 Å². The lowest BCUT2D eigenvalue weighted by Crippen LogP contribution is -2.20. The van der Waals surface area contributed by atoms with Gasteiger partial charge in [-0.1, -0.05) is 12.1 Å². The van der Waals surface area contributed by atoms with E-state index in [2.05, 4.69) is 4.40 Å². The van der Waals surface area contributed by atoms with Crippen LogP contribution in [0.4, 0.5) is 0 Å². The average Bonchev–Trinajstić information content (AvgIpc) is 2.47. The van der Waals surface area contributed by atoms with Gasteiger partial charge in [0.05, 0.1) is 10.5 Å². The number of hydrogen-bond acceptors (Lipinski definition) is 2. The van der Waals surface area contributed by atoms with Crippen molar-refractivity contribution in [3.63, 3.8) is 0 Å². The van der Waals surface area contributed by atoms with Gasteiger partial charge in [-0.3, -0.25) is 0 Å². The molecule has 0 radical (unpaired) electrons. The molecule has 1 atom stereocenters. The van der Waals surface area contributed by atoms with Crippen LogP contribution in [0.3, 0.4) is 0 Å². The molecular formula is C19H23NO2S. The zero-order valence-electron chi connectivity index (χ0n) is 14.3. The smallest absolute Gasteiger partial charge is 0.145 e. The van der Waals surface area contributed by atoms with Crippen molar-refractivity contribution in [1.29, 1.82) is 0 Å². The Morgan fingerprint density at radius 2 is 1.70 bits per heavy atom. The van der Waals surface area contributed by atoms with E-state index < -0.39 is 11.0 Å². The first-order valence-corrected chi connectivity index (χ1v) is 8.68.